The van der Waals surface area contributed by atoms with Crippen molar-refractivity contribution in [2.75, 3.05) is 13.2 Å². The van der Waals surface area contributed by atoms with Crippen molar-refractivity contribution in [3.8, 4) is 0 Å². The fourth-order valence-electron chi connectivity index (χ4n) is 1.44. The van der Waals surface area contributed by atoms with Gasteiger partial charge < -0.3 is 14.2 Å². The first-order chi connectivity index (χ1) is 12.4. The Morgan fingerprint density at radius 1 is 0.778 bits per heavy atom. The summed E-state index contributed by atoms with van der Waals surface area (Å²) in [5.74, 6) is 0. The van der Waals surface area contributed by atoms with Crippen LogP contribution in [0.4, 0.5) is 9.59 Å². The number of hydrogen-bond acceptors (Lipinski definition) is 5. The Hall–Kier alpha value is 0.240. The second-order valence-electron chi connectivity index (χ2n) is 5.25. The molecule has 0 heterocycles. The number of alkyl halides is 6. The highest BCUT2D eigenvalue weighted by molar-refractivity contribution is 6.68. The molecule has 13 heteroatoms. The maximum atomic E-state index is 11.8. The molecule has 0 aliphatic heterocycles. The maximum Gasteiger partial charge on any atom is 0.409 e. The number of alkyl carbamates (subject to hydrolysis) is 2. The number of unbranched alkanes of at least 4 members (excludes halogenated alkanes) is 2. The highest BCUT2D eigenvalue weighted by atomic mass is 35.6. The van der Waals surface area contributed by atoms with Crippen LogP contribution in [0.15, 0.2) is 0 Å². The van der Waals surface area contributed by atoms with E-state index < -0.39 is 32.2 Å². The van der Waals surface area contributed by atoms with E-state index >= 15 is 0 Å². The van der Waals surface area contributed by atoms with Gasteiger partial charge in [-0.2, -0.15) is 0 Å². The van der Waals surface area contributed by atoms with Crippen LogP contribution < -0.4 is 10.6 Å². The first-order valence-corrected chi connectivity index (χ1v) is 10.3. The van der Waals surface area contributed by atoms with Crippen molar-refractivity contribution in [1.82, 2.24) is 10.6 Å². The standard InChI is InChI=1S/C14H22Cl6N2O5/c1-3-5-7-25-11(23)21-9(13(15,16)17)27-10(14(18,19)20)22-12(24)26-8-6-4-2/h9-10H,3-8H2,1-2H3,(H,21,23)(H,22,24)/t9-,10+. The molecule has 0 aliphatic rings. The van der Waals surface area contributed by atoms with E-state index in [0.29, 0.717) is 12.8 Å². The Bertz CT molecular complexity index is 418. The van der Waals surface area contributed by atoms with E-state index in [-0.39, 0.29) is 13.2 Å². The van der Waals surface area contributed by atoms with Crippen LogP contribution in [0.25, 0.3) is 0 Å². The zero-order valence-corrected chi connectivity index (χ0v) is 19.2. The fraction of sp³-hybridized carbons (Fsp3) is 0.857. The lowest BCUT2D eigenvalue weighted by atomic mass is 10.4. The van der Waals surface area contributed by atoms with Crippen LogP contribution in [-0.2, 0) is 14.2 Å². The summed E-state index contributed by atoms with van der Waals surface area (Å²) in [5, 5.41) is 4.39. The van der Waals surface area contributed by atoms with Gasteiger partial charge in [-0.1, -0.05) is 96.3 Å². The molecule has 0 aromatic rings. The van der Waals surface area contributed by atoms with E-state index in [1.807, 2.05) is 13.8 Å². The molecule has 2 atom stereocenters. The van der Waals surface area contributed by atoms with Gasteiger partial charge in [0.05, 0.1) is 13.2 Å². The van der Waals surface area contributed by atoms with Crippen LogP contribution in [0.3, 0.4) is 0 Å². The molecule has 2 amide bonds. The second kappa shape index (κ2) is 13.5. The Morgan fingerprint density at radius 3 is 1.37 bits per heavy atom. The predicted molar refractivity (Wildman–Crippen MR) is 108 cm³/mol. The van der Waals surface area contributed by atoms with E-state index in [1.165, 1.54) is 0 Å². The van der Waals surface area contributed by atoms with Crippen LogP contribution in [0.1, 0.15) is 39.5 Å². The Balaban J connectivity index is 5.01. The molecule has 2 N–H and O–H groups in total. The first-order valence-electron chi connectivity index (χ1n) is 8.07. The van der Waals surface area contributed by atoms with E-state index in [9.17, 15) is 9.59 Å². The van der Waals surface area contributed by atoms with Gasteiger partial charge in [0.2, 0.25) is 7.59 Å². The number of nitrogens with one attached hydrogen (secondary N) is 2. The SMILES string of the molecule is CCCCOC(=O)N[C@H](O[C@H](NC(=O)OCCCC)C(Cl)(Cl)Cl)C(Cl)(Cl)Cl. The molecule has 160 valence electrons. The molecule has 0 unspecified atom stereocenters. The van der Waals surface area contributed by atoms with Crippen molar-refractivity contribution in [3.05, 3.63) is 0 Å². The third kappa shape index (κ3) is 13.2. The van der Waals surface area contributed by atoms with Crippen molar-refractivity contribution in [1.29, 1.82) is 0 Å². The molecule has 0 saturated carbocycles. The average Bonchev–Trinajstić information content (AvgIpc) is 2.52. The highest BCUT2D eigenvalue weighted by Gasteiger charge is 2.43. The lowest BCUT2D eigenvalue weighted by Crippen LogP contribution is -2.55. The summed E-state index contributed by atoms with van der Waals surface area (Å²) in [7, 11) is 0. The number of halogens is 6. The molecule has 27 heavy (non-hydrogen) atoms. The molecule has 0 bridgehead atoms. The van der Waals surface area contributed by atoms with E-state index in [2.05, 4.69) is 10.6 Å². The molecule has 0 spiro atoms. The summed E-state index contributed by atoms with van der Waals surface area (Å²) in [4.78, 5) is 23.6. The minimum Gasteiger partial charge on any atom is -0.450 e. The van der Waals surface area contributed by atoms with Crippen molar-refractivity contribution < 1.29 is 23.8 Å². The molecule has 7 nitrogen and oxygen atoms in total. The minimum absolute atomic E-state index is 0.158. The number of carbonyl (C=O) groups excluding carboxylic acids is 2. The quantitative estimate of drug-likeness (QED) is 0.232. The largest absolute Gasteiger partial charge is 0.450 e. The zero-order valence-electron chi connectivity index (χ0n) is 14.7. The molecule has 0 fully saturated rings. The number of ether oxygens (including phenoxy) is 3. The Morgan fingerprint density at radius 2 is 1.11 bits per heavy atom. The van der Waals surface area contributed by atoms with Crippen molar-refractivity contribution in [2.45, 2.75) is 59.6 Å². The highest BCUT2D eigenvalue weighted by Crippen LogP contribution is 2.36. The smallest absolute Gasteiger partial charge is 0.409 e. The maximum absolute atomic E-state index is 11.8. The van der Waals surface area contributed by atoms with E-state index in [1.54, 1.807) is 0 Å². The van der Waals surface area contributed by atoms with Crippen LogP contribution in [0, 0.1) is 0 Å². The third-order valence-electron chi connectivity index (χ3n) is 2.83. The molecule has 0 aliphatic carbocycles. The summed E-state index contributed by atoms with van der Waals surface area (Å²) in [6, 6.07) is 0. The number of rotatable bonds is 10. The summed E-state index contributed by atoms with van der Waals surface area (Å²) in [6.45, 7) is 4.16. The van der Waals surface area contributed by atoms with Gasteiger partial charge in [-0.25, -0.2) is 9.59 Å². The van der Waals surface area contributed by atoms with Gasteiger partial charge in [0.15, 0.2) is 12.5 Å². The summed E-state index contributed by atoms with van der Waals surface area (Å²) in [6.07, 6.45) is -2.10. The zero-order chi connectivity index (χ0) is 21.1. The topological polar surface area (TPSA) is 85.9 Å². The minimum atomic E-state index is -2.16. The van der Waals surface area contributed by atoms with Gasteiger partial charge in [-0.05, 0) is 12.8 Å². The van der Waals surface area contributed by atoms with Crippen molar-refractivity contribution in [3.63, 3.8) is 0 Å². The monoisotopic (exact) mass is 508 g/mol. The molecule has 0 aromatic heterocycles. The van der Waals surface area contributed by atoms with Crippen molar-refractivity contribution in [2.24, 2.45) is 0 Å². The normalized spacial score (nSPS) is 14.2. The van der Waals surface area contributed by atoms with E-state index in [0.717, 1.165) is 12.8 Å². The number of hydrogen-bond donors (Lipinski definition) is 2. The predicted octanol–water partition coefficient (Wildman–Crippen LogP) is 5.45. The van der Waals surface area contributed by atoms with Crippen LogP contribution in [0.5, 0.6) is 0 Å². The van der Waals surface area contributed by atoms with E-state index in [4.69, 9.17) is 83.8 Å². The number of amides is 2. The third-order valence-corrected chi connectivity index (χ3v) is 4.02. The molecule has 0 aromatic carbocycles. The fourth-order valence-corrected chi connectivity index (χ4v) is 2.07. The van der Waals surface area contributed by atoms with Crippen LogP contribution >= 0.6 is 69.6 Å². The summed E-state index contributed by atoms with van der Waals surface area (Å²) >= 11 is 34.8. The molecule has 0 rings (SSSR count). The average molecular weight is 511 g/mol. The Kier molecular flexibility index (Phi) is 13.6. The van der Waals surface area contributed by atoms with Crippen LogP contribution in [0.2, 0.25) is 0 Å². The van der Waals surface area contributed by atoms with Gasteiger partial charge in [-0.3, -0.25) is 10.6 Å². The molecular formula is C14H22Cl6N2O5. The van der Waals surface area contributed by atoms with Gasteiger partial charge in [-0.15, -0.1) is 0 Å². The molecule has 0 saturated heterocycles. The van der Waals surface area contributed by atoms with Crippen LogP contribution in [-0.4, -0.2) is 45.4 Å². The Labute approximate surface area is 188 Å². The second-order valence-corrected chi connectivity index (χ2v) is 9.98. The lowest BCUT2D eigenvalue weighted by molar-refractivity contribution is -0.0395. The molecular weight excluding hydrogens is 489 g/mol. The van der Waals surface area contributed by atoms with Gasteiger partial charge in [0.25, 0.3) is 0 Å². The van der Waals surface area contributed by atoms with Crippen molar-refractivity contribution >= 4 is 81.8 Å². The van der Waals surface area contributed by atoms with Gasteiger partial charge >= 0.3 is 12.2 Å². The molecule has 0 radical (unpaired) electrons. The first kappa shape index (κ1) is 27.2. The van der Waals surface area contributed by atoms with Gasteiger partial charge in [0, 0.05) is 0 Å². The summed E-state index contributed by atoms with van der Waals surface area (Å²) in [5.41, 5.74) is 0. The van der Waals surface area contributed by atoms with Gasteiger partial charge in [0.1, 0.15) is 0 Å². The lowest BCUT2D eigenvalue weighted by Gasteiger charge is -2.32. The number of carbonyl (C=O) groups is 2. The summed E-state index contributed by atoms with van der Waals surface area (Å²) < 4.78 is 10.8.